The van der Waals surface area contributed by atoms with Crippen LogP contribution in [0.4, 0.5) is 0 Å². The van der Waals surface area contributed by atoms with Crippen molar-refractivity contribution in [3.05, 3.63) is 0 Å². The fourth-order valence-corrected chi connectivity index (χ4v) is 2.22. The Hall–Kier alpha value is -0.0800. The lowest BCUT2D eigenvalue weighted by molar-refractivity contribution is 0.182. The average molecular weight is 198 g/mol. The number of nitrogens with zero attached hydrogens (tertiary/aromatic N) is 1. The fraction of sp³-hybridized carbons (Fsp3) is 1.00. The minimum Gasteiger partial charge on any atom is -0.317 e. The Morgan fingerprint density at radius 3 is 2.93 bits per heavy atom. The zero-order valence-corrected chi connectivity index (χ0v) is 9.89. The second kappa shape index (κ2) is 7.24. The molecule has 1 atom stereocenters. The highest BCUT2D eigenvalue weighted by Gasteiger charge is 2.14. The molecule has 1 unspecified atom stereocenters. The third kappa shape index (κ3) is 4.97. The molecular weight excluding hydrogens is 172 g/mol. The number of likely N-dealkylation sites (tertiary alicyclic amines) is 1. The Kier molecular flexibility index (Phi) is 6.20. The molecule has 1 N–H and O–H groups in total. The van der Waals surface area contributed by atoms with Crippen molar-refractivity contribution in [3.8, 4) is 0 Å². The molecular formula is C12H26N2. The lowest BCUT2D eigenvalue weighted by atomic mass is 10.0. The monoisotopic (exact) mass is 198 g/mol. The maximum atomic E-state index is 3.46. The van der Waals surface area contributed by atoms with E-state index in [0.29, 0.717) is 0 Å². The van der Waals surface area contributed by atoms with Crippen LogP contribution in [0.25, 0.3) is 0 Å². The van der Waals surface area contributed by atoms with Gasteiger partial charge in [0.1, 0.15) is 0 Å². The molecule has 84 valence electrons. The summed E-state index contributed by atoms with van der Waals surface area (Å²) in [7, 11) is 0. The normalized spacial score (nSPS) is 24.0. The third-order valence-corrected chi connectivity index (χ3v) is 3.00. The largest absolute Gasteiger partial charge is 0.317 e. The van der Waals surface area contributed by atoms with Gasteiger partial charge in [-0.05, 0) is 57.8 Å². The summed E-state index contributed by atoms with van der Waals surface area (Å²) in [5, 5.41) is 3.46. The second-order valence-corrected chi connectivity index (χ2v) is 4.65. The zero-order valence-electron chi connectivity index (χ0n) is 9.89. The molecule has 0 saturated carbocycles. The van der Waals surface area contributed by atoms with Crippen molar-refractivity contribution in [1.29, 1.82) is 0 Å². The number of rotatable bonds is 6. The lowest BCUT2D eigenvalue weighted by Crippen LogP contribution is -2.36. The van der Waals surface area contributed by atoms with Gasteiger partial charge in [0, 0.05) is 6.54 Å². The van der Waals surface area contributed by atoms with Crippen molar-refractivity contribution in [2.45, 2.75) is 39.5 Å². The first kappa shape index (κ1) is 12.0. The quantitative estimate of drug-likeness (QED) is 0.658. The van der Waals surface area contributed by atoms with Gasteiger partial charge in [-0.3, -0.25) is 0 Å². The van der Waals surface area contributed by atoms with Gasteiger partial charge in [-0.15, -0.1) is 0 Å². The topological polar surface area (TPSA) is 15.3 Å². The van der Waals surface area contributed by atoms with Crippen LogP contribution in [0.15, 0.2) is 0 Å². The van der Waals surface area contributed by atoms with Crippen LogP contribution in [-0.4, -0.2) is 37.6 Å². The standard InChI is InChI=1S/C12H26N2/c1-3-7-13-8-5-10-14-9-4-6-12(2)11-14/h12-13H,3-11H2,1-2H3. The third-order valence-electron chi connectivity index (χ3n) is 3.00. The Morgan fingerprint density at radius 1 is 1.36 bits per heavy atom. The Balaban J connectivity index is 1.95. The highest BCUT2D eigenvalue weighted by atomic mass is 15.1. The van der Waals surface area contributed by atoms with Crippen LogP contribution in [0.1, 0.15) is 39.5 Å². The molecule has 0 radical (unpaired) electrons. The van der Waals surface area contributed by atoms with Crippen molar-refractivity contribution >= 4 is 0 Å². The molecule has 0 amide bonds. The molecule has 0 aliphatic carbocycles. The highest BCUT2D eigenvalue weighted by molar-refractivity contribution is 4.69. The first-order chi connectivity index (χ1) is 6.83. The van der Waals surface area contributed by atoms with Gasteiger partial charge < -0.3 is 10.2 Å². The van der Waals surface area contributed by atoms with Gasteiger partial charge in [-0.2, -0.15) is 0 Å². The summed E-state index contributed by atoms with van der Waals surface area (Å²) in [5.41, 5.74) is 0. The van der Waals surface area contributed by atoms with Crippen molar-refractivity contribution in [3.63, 3.8) is 0 Å². The van der Waals surface area contributed by atoms with Crippen LogP contribution in [0, 0.1) is 5.92 Å². The summed E-state index contributed by atoms with van der Waals surface area (Å²) < 4.78 is 0. The van der Waals surface area contributed by atoms with Gasteiger partial charge in [0.05, 0.1) is 0 Å². The highest BCUT2D eigenvalue weighted by Crippen LogP contribution is 2.14. The molecule has 14 heavy (non-hydrogen) atoms. The van der Waals surface area contributed by atoms with Crippen molar-refractivity contribution in [2.24, 2.45) is 5.92 Å². The number of piperidine rings is 1. The predicted molar refractivity (Wildman–Crippen MR) is 62.6 cm³/mol. The van der Waals surface area contributed by atoms with E-state index >= 15 is 0 Å². The Morgan fingerprint density at radius 2 is 2.21 bits per heavy atom. The molecule has 0 aromatic carbocycles. The minimum atomic E-state index is 0.923. The number of hydrogen-bond acceptors (Lipinski definition) is 2. The molecule has 1 heterocycles. The molecule has 1 aliphatic rings. The summed E-state index contributed by atoms with van der Waals surface area (Å²) >= 11 is 0. The summed E-state index contributed by atoms with van der Waals surface area (Å²) in [5.74, 6) is 0.923. The summed E-state index contributed by atoms with van der Waals surface area (Å²) in [6.45, 7) is 10.9. The molecule has 0 aromatic rings. The van der Waals surface area contributed by atoms with E-state index in [-0.39, 0.29) is 0 Å². The van der Waals surface area contributed by atoms with E-state index in [9.17, 15) is 0 Å². The number of hydrogen-bond donors (Lipinski definition) is 1. The van der Waals surface area contributed by atoms with Gasteiger partial charge in [-0.25, -0.2) is 0 Å². The van der Waals surface area contributed by atoms with Crippen LogP contribution < -0.4 is 5.32 Å². The van der Waals surface area contributed by atoms with Crippen LogP contribution in [0.3, 0.4) is 0 Å². The first-order valence-corrected chi connectivity index (χ1v) is 6.26. The summed E-state index contributed by atoms with van der Waals surface area (Å²) in [4.78, 5) is 2.63. The van der Waals surface area contributed by atoms with E-state index in [0.717, 1.165) is 5.92 Å². The van der Waals surface area contributed by atoms with Crippen LogP contribution >= 0.6 is 0 Å². The van der Waals surface area contributed by atoms with Crippen LogP contribution in [0.2, 0.25) is 0 Å². The van der Waals surface area contributed by atoms with E-state index < -0.39 is 0 Å². The van der Waals surface area contributed by atoms with E-state index in [1.807, 2.05) is 0 Å². The maximum absolute atomic E-state index is 3.46. The maximum Gasteiger partial charge on any atom is 0.000703 e. The van der Waals surface area contributed by atoms with Gasteiger partial charge in [-0.1, -0.05) is 13.8 Å². The van der Waals surface area contributed by atoms with Gasteiger partial charge in [0.15, 0.2) is 0 Å². The number of nitrogens with one attached hydrogen (secondary N) is 1. The van der Waals surface area contributed by atoms with E-state index in [1.165, 1.54) is 58.4 Å². The Bertz CT molecular complexity index is 136. The first-order valence-electron chi connectivity index (χ1n) is 6.26. The SMILES string of the molecule is CCCNCCCN1CCCC(C)C1. The average Bonchev–Trinajstić information content (AvgIpc) is 2.18. The zero-order chi connectivity index (χ0) is 10.2. The Labute approximate surface area is 89.1 Å². The van der Waals surface area contributed by atoms with E-state index in [4.69, 9.17) is 0 Å². The van der Waals surface area contributed by atoms with Crippen LogP contribution in [-0.2, 0) is 0 Å². The molecule has 2 nitrogen and oxygen atoms in total. The minimum absolute atomic E-state index is 0.923. The van der Waals surface area contributed by atoms with Crippen molar-refractivity contribution in [1.82, 2.24) is 10.2 Å². The van der Waals surface area contributed by atoms with Gasteiger partial charge in [0.25, 0.3) is 0 Å². The van der Waals surface area contributed by atoms with Crippen molar-refractivity contribution < 1.29 is 0 Å². The molecule has 0 aromatic heterocycles. The lowest BCUT2D eigenvalue weighted by Gasteiger charge is -2.30. The second-order valence-electron chi connectivity index (χ2n) is 4.65. The van der Waals surface area contributed by atoms with Gasteiger partial charge in [0.2, 0.25) is 0 Å². The molecule has 1 fully saturated rings. The van der Waals surface area contributed by atoms with E-state index in [2.05, 4.69) is 24.1 Å². The smallest absolute Gasteiger partial charge is 0.000703 e. The van der Waals surface area contributed by atoms with Crippen LogP contribution in [0.5, 0.6) is 0 Å². The summed E-state index contributed by atoms with van der Waals surface area (Å²) in [6, 6.07) is 0. The molecule has 0 bridgehead atoms. The predicted octanol–water partition coefficient (Wildman–Crippen LogP) is 2.11. The van der Waals surface area contributed by atoms with Gasteiger partial charge >= 0.3 is 0 Å². The molecule has 1 aliphatic heterocycles. The van der Waals surface area contributed by atoms with E-state index in [1.54, 1.807) is 0 Å². The molecule has 1 saturated heterocycles. The summed E-state index contributed by atoms with van der Waals surface area (Å²) in [6.07, 6.45) is 5.40. The molecule has 2 heteroatoms. The molecule has 0 spiro atoms. The van der Waals surface area contributed by atoms with Crippen molar-refractivity contribution in [2.75, 3.05) is 32.7 Å². The fourth-order valence-electron chi connectivity index (χ4n) is 2.22. The molecule has 1 rings (SSSR count).